The summed E-state index contributed by atoms with van der Waals surface area (Å²) in [6, 6.07) is 6.32. The summed E-state index contributed by atoms with van der Waals surface area (Å²) in [6.07, 6.45) is 8.44. The fourth-order valence-electron chi connectivity index (χ4n) is 4.40. The molecule has 1 aromatic carbocycles. The van der Waals surface area contributed by atoms with E-state index in [1.165, 1.54) is 22.3 Å². The zero-order valence-corrected chi connectivity index (χ0v) is 16.8. The lowest BCUT2D eigenvalue weighted by Crippen LogP contribution is -2.44. The number of nitrogens with two attached hydrogens (primary N) is 1. The van der Waals surface area contributed by atoms with Crippen LogP contribution in [0.15, 0.2) is 40.5 Å². The van der Waals surface area contributed by atoms with Crippen LogP contribution in [0.25, 0.3) is 0 Å². The average Bonchev–Trinajstić information content (AvgIpc) is 2.81. The monoisotopic (exact) mass is 418 g/mol. The van der Waals surface area contributed by atoms with Crippen LogP contribution in [0.2, 0.25) is 0 Å². The van der Waals surface area contributed by atoms with Crippen LogP contribution >= 0.6 is 15.9 Å². The van der Waals surface area contributed by atoms with Gasteiger partial charge in [0.25, 0.3) is 0 Å². The van der Waals surface area contributed by atoms with Crippen molar-refractivity contribution in [2.75, 3.05) is 6.54 Å². The highest BCUT2D eigenvalue weighted by Crippen LogP contribution is 2.42. The number of carboxylic acids is 1. The second-order valence-electron chi connectivity index (χ2n) is 7.50. The van der Waals surface area contributed by atoms with Crippen molar-refractivity contribution < 1.29 is 9.90 Å². The van der Waals surface area contributed by atoms with Gasteiger partial charge in [-0.2, -0.15) is 0 Å². The number of carbonyl (C=O) groups is 1. The van der Waals surface area contributed by atoms with Gasteiger partial charge in [-0.1, -0.05) is 29.3 Å². The van der Waals surface area contributed by atoms with Gasteiger partial charge in [-0.15, -0.1) is 0 Å². The van der Waals surface area contributed by atoms with Crippen molar-refractivity contribution in [3.8, 4) is 0 Å². The third-order valence-electron chi connectivity index (χ3n) is 5.71. The van der Waals surface area contributed by atoms with Crippen LogP contribution in [0.3, 0.4) is 0 Å². The molecule has 1 saturated heterocycles. The first-order valence-corrected chi connectivity index (χ1v) is 10.1. The van der Waals surface area contributed by atoms with E-state index in [-0.39, 0.29) is 0 Å². The van der Waals surface area contributed by atoms with Crippen LogP contribution in [0, 0.1) is 12.8 Å². The maximum Gasteiger partial charge on any atom is 0.320 e. The lowest BCUT2D eigenvalue weighted by molar-refractivity contribution is -0.140. The molecule has 0 bridgehead atoms. The molecule has 1 fully saturated rings. The molecular weight excluding hydrogens is 392 g/mol. The zero-order chi connectivity index (χ0) is 18.7. The van der Waals surface area contributed by atoms with Crippen molar-refractivity contribution in [2.45, 2.75) is 51.0 Å². The number of rotatable bonds is 3. The molecule has 2 aliphatic rings. The first-order chi connectivity index (χ1) is 12.5. The quantitative estimate of drug-likeness (QED) is 0.648. The van der Waals surface area contributed by atoms with Gasteiger partial charge in [-0.25, -0.2) is 0 Å². The first kappa shape index (κ1) is 19.2. The number of allylic oxidation sites excluding steroid dienone is 3. The molecule has 0 saturated carbocycles. The van der Waals surface area contributed by atoms with Gasteiger partial charge < -0.3 is 16.2 Å². The van der Waals surface area contributed by atoms with Crippen molar-refractivity contribution in [3.63, 3.8) is 0 Å². The van der Waals surface area contributed by atoms with Crippen molar-refractivity contribution in [1.82, 2.24) is 5.32 Å². The van der Waals surface area contributed by atoms with Crippen molar-refractivity contribution in [2.24, 2.45) is 11.7 Å². The van der Waals surface area contributed by atoms with Gasteiger partial charge in [-0.05, 0) is 90.5 Å². The Morgan fingerprint density at radius 3 is 2.92 bits per heavy atom. The molecule has 3 atom stereocenters. The molecule has 1 aromatic rings. The summed E-state index contributed by atoms with van der Waals surface area (Å²) in [5.74, 6) is -0.000612. The smallest absolute Gasteiger partial charge is 0.320 e. The summed E-state index contributed by atoms with van der Waals surface area (Å²) < 4.78 is 0.905. The van der Waals surface area contributed by atoms with Crippen molar-refractivity contribution in [1.29, 1.82) is 0 Å². The van der Waals surface area contributed by atoms with E-state index in [1.54, 1.807) is 6.20 Å². The van der Waals surface area contributed by atoms with Crippen molar-refractivity contribution >= 4 is 21.9 Å². The number of aliphatic carboxylic acids is 1. The molecule has 0 amide bonds. The Labute approximate surface area is 163 Å². The van der Waals surface area contributed by atoms with E-state index in [4.69, 9.17) is 5.73 Å². The van der Waals surface area contributed by atoms with Gasteiger partial charge in [-0.3, -0.25) is 4.79 Å². The maximum absolute atomic E-state index is 11.5. The molecule has 1 aliphatic carbocycles. The summed E-state index contributed by atoms with van der Waals surface area (Å²) in [7, 11) is 0. The van der Waals surface area contributed by atoms with E-state index in [0.717, 1.165) is 36.7 Å². The Kier molecular flexibility index (Phi) is 6.20. The third-order valence-corrected chi connectivity index (χ3v) is 6.20. The van der Waals surface area contributed by atoms with Crippen LogP contribution in [0.5, 0.6) is 0 Å². The number of fused-ring (bicyclic) bond motifs is 1. The van der Waals surface area contributed by atoms with Gasteiger partial charge in [0.1, 0.15) is 6.04 Å². The summed E-state index contributed by atoms with van der Waals surface area (Å²) >= 11 is 3.50. The lowest BCUT2D eigenvalue weighted by Gasteiger charge is -2.34. The summed E-state index contributed by atoms with van der Waals surface area (Å²) in [5.41, 5.74) is 11.1. The molecule has 4 nitrogen and oxygen atoms in total. The predicted octanol–water partition coefficient (Wildman–Crippen LogP) is 3.99. The molecule has 2 unspecified atom stereocenters. The minimum absolute atomic E-state index is 0.362. The molecule has 1 aliphatic heterocycles. The SMILES string of the molecule is Cc1ccc2c(c1)CC/C(=C/C(Br)=C\N)C[C@H]2C1CCNC(C(=O)O)C1. The second kappa shape index (κ2) is 8.40. The summed E-state index contributed by atoms with van der Waals surface area (Å²) in [6.45, 7) is 2.90. The Morgan fingerprint density at radius 2 is 2.19 bits per heavy atom. The standard InChI is InChI=1S/C21H27BrN2O2/c1-13-2-5-18-15(8-13)4-3-14(9-17(22)12-23)10-19(18)16-6-7-24-20(11-16)21(25)26/h2,5,8-9,12,16,19-20,24H,3-4,6-7,10-11,23H2,1H3,(H,25,26)/b14-9-,17-12+/t16?,19-,20?/m0/s1. The van der Waals surface area contributed by atoms with E-state index in [9.17, 15) is 9.90 Å². The van der Waals surface area contributed by atoms with Crippen LogP contribution < -0.4 is 11.1 Å². The van der Waals surface area contributed by atoms with Gasteiger partial charge in [0.2, 0.25) is 0 Å². The Bertz CT molecular complexity index is 742. The van der Waals surface area contributed by atoms with Crippen LogP contribution in [-0.4, -0.2) is 23.7 Å². The maximum atomic E-state index is 11.5. The van der Waals surface area contributed by atoms with E-state index >= 15 is 0 Å². The number of benzene rings is 1. The predicted molar refractivity (Wildman–Crippen MR) is 108 cm³/mol. The number of carboxylic acid groups (broad SMARTS) is 1. The summed E-state index contributed by atoms with van der Waals surface area (Å²) in [4.78, 5) is 11.5. The van der Waals surface area contributed by atoms with Gasteiger partial charge in [0.05, 0.1) is 0 Å². The number of hydrogen-bond acceptors (Lipinski definition) is 3. The van der Waals surface area contributed by atoms with E-state index in [2.05, 4.69) is 52.4 Å². The minimum Gasteiger partial charge on any atom is -0.480 e. The normalized spacial score (nSPS) is 28.5. The number of aryl methyl sites for hydroxylation is 2. The molecular formula is C21H27BrN2O2. The van der Waals surface area contributed by atoms with Gasteiger partial charge >= 0.3 is 5.97 Å². The molecule has 0 spiro atoms. The zero-order valence-electron chi connectivity index (χ0n) is 15.2. The van der Waals surface area contributed by atoms with Crippen LogP contribution in [0.1, 0.15) is 48.3 Å². The fourth-order valence-corrected chi connectivity index (χ4v) is 4.72. The lowest BCUT2D eigenvalue weighted by atomic mass is 9.75. The number of piperidine rings is 1. The Balaban J connectivity index is 1.95. The van der Waals surface area contributed by atoms with Crippen LogP contribution in [0.4, 0.5) is 0 Å². The molecule has 3 rings (SSSR count). The molecule has 4 N–H and O–H groups in total. The molecule has 0 radical (unpaired) electrons. The van der Waals surface area contributed by atoms with E-state index in [1.807, 2.05) is 0 Å². The third kappa shape index (κ3) is 4.38. The highest BCUT2D eigenvalue weighted by Gasteiger charge is 2.34. The van der Waals surface area contributed by atoms with E-state index in [0.29, 0.717) is 18.3 Å². The molecule has 5 heteroatoms. The number of nitrogens with one attached hydrogen (secondary N) is 1. The highest BCUT2D eigenvalue weighted by atomic mass is 79.9. The Hall–Kier alpha value is -1.59. The van der Waals surface area contributed by atoms with Gasteiger partial charge in [0, 0.05) is 10.7 Å². The minimum atomic E-state index is -0.739. The Morgan fingerprint density at radius 1 is 1.38 bits per heavy atom. The molecule has 26 heavy (non-hydrogen) atoms. The molecule has 0 aromatic heterocycles. The van der Waals surface area contributed by atoms with Crippen LogP contribution in [-0.2, 0) is 11.2 Å². The number of hydrogen-bond donors (Lipinski definition) is 3. The average molecular weight is 419 g/mol. The first-order valence-electron chi connectivity index (χ1n) is 9.30. The molecule has 1 heterocycles. The fraction of sp³-hybridized carbons (Fsp3) is 0.476. The van der Waals surface area contributed by atoms with Crippen molar-refractivity contribution in [3.05, 3.63) is 57.2 Å². The number of halogens is 1. The van der Waals surface area contributed by atoms with Gasteiger partial charge in [0.15, 0.2) is 0 Å². The summed E-state index contributed by atoms with van der Waals surface area (Å²) in [5, 5.41) is 12.6. The second-order valence-corrected chi connectivity index (χ2v) is 8.41. The van der Waals surface area contributed by atoms with E-state index < -0.39 is 12.0 Å². The highest BCUT2D eigenvalue weighted by molar-refractivity contribution is 9.11. The largest absolute Gasteiger partial charge is 0.480 e. The molecule has 140 valence electrons. The topological polar surface area (TPSA) is 75.3 Å².